The summed E-state index contributed by atoms with van der Waals surface area (Å²) >= 11 is 0. The van der Waals surface area contributed by atoms with Crippen LogP contribution in [0.3, 0.4) is 0 Å². The molecule has 0 amide bonds. The zero-order valence-electron chi connectivity index (χ0n) is 4.01. The molecule has 4 N–H and O–H groups in total. The third kappa shape index (κ3) is 981. The summed E-state index contributed by atoms with van der Waals surface area (Å²) in [6, 6.07) is 0. The maximum atomic E-state index is 9.08. The van der Waals surface area contributed by atoms with Crippen LogP contribution in [0.1, 0.15) is 0 Å². The van der Waals surface area contributed by atoms with E-state index in [9.17, 15) is 0 Å². The van der Waals surface area contributed by atoms with Gasteiger partial charge in [0.2, 0.25) is 0 Å². The maximum Gasteiger partial charge on any atom is 0.0916 e. The summed E-state index contributed by atoms with van der Waals surface area (Å²) in [5.74, 6) is 0. The Balaban J connectivity index is -0.0000000800. The molecule has 0 bridgehead atoms. The van der Waals surface area contributed by atoms with Crippen molar-refractivity contribution in [1.29, 1.82) is 0 Å². The summed E-state index contributed by atoms with van der Waals surface area (Å²) < 4.78 is 27.2. The van der Waals surface area contributed by atoms with E-state index in [1.165, 1.54) is 0 Å². The minimum absolute atomic E-state index is 0. The number of rotatable bonds is 0. The van der Waals surface area contributed by atoms with E-state index in [1.807, 2.05) is 0 Å². The molecule has 4 nitrogen and oxygen atoms in total. The molecule has 0 atom stereocenters. The first-order valence-electron chi connectivity index (χ1n) is 0.908. The van der Waals surface area contributed by atoms with Crippen LogP contribution in [-0.2, 0) is 10.1 Å². The van der Waals surface area contributed by atoms with Crippen LogP contribution in [0, 0.1) is 0 Å². The standard InChI is InChI=1S/CH4O3S.BrH.H3N/c1-5(2,3)4;;/h1H3,(H,2,3,4);1H;1H3/p-1. The van der Waals surface area contributed by atoms with Crippen molar-refractivity contribution >= 4 is 10.1 Å². The van der Waals surface area contributed by atoms with E-state index < -0.39 is 10.1 Å². The molecule has 0 aliphatic carbocycles. The quantitative estimate of drug-likeness (QED) is 0.405. The third-order valence-corrected chi connectivity index (χ3v) is 0. The van der Waals surface area contributed by atoms with Crippen molar-refractivity contribution in [2.24, 2.45) is 0 Å². The summed E-state index contributed by atoms with van der Waals surface area (Å²) in [6.45, 7) is 0. The highest BCUT2D eigenvalue weighted by molar-refractivity contribution is 7.84. The molecule has 7 heavy (non-hydrogen) atoms. The van der Waals surface area contributed by atoms with Crippen LogP contribution in [-0.4, -0.2) is 19.2 Å². The molecule has 0 radical (unpaired) electrons. The lowest BCUT2D eigenvalue weighted by atomic mass is 12.0. The van der Waals surface area contributed by atoms with Gasteiger partial charge in [-0.15, -0.1) is 0 Å². The first-order chi connectivity index (χ1) is 2.00. The van der Waals surface area contributed by atoms with Crippen molar-refractivity contribution in [2.45, 2.75) is 0 Å². The second-order valence-corrected chi connectivity index (χ2v) is 2.11. The van der Waals surface area contributed by atoms with Gasteiger partial charge in [0, 0.05) is 6.26 Å². The maximum absolute atomic E-state index is 9.08. The first-order valence-corrected chi connectivity index (χ1v) is 2.72. The lowest BCUT2D eigenvalue weighted by Gasteiger charge is -1.90. The Morgan fingerprint density at radius 3 is 1.43 bits per heavy atom. The molecule has 0 aliphatic heterocycles. The highest BCUT2D eigenvalue weighted by Crippen LogP contribution is 1.59. The molecule has 0 saturated carbocycles. The summed E-state index contributed by atoms with van der Waals surface area (Å²) in [4.78, 5) is 0. The van der Waals surface area contributed by atoms with Crippen molar-refractivity contribution < 1.29 is 30.0 Å². The SMILES string of the molecule is CS(=O)(=O)[O-].[Br-].[NH4+]. The second kappa shape index (κ2) is 4.51. The Morgan fingerprint density at radius 1 is 1.43 bits per heavy atom. The van der Waals surface area contributed by atoms with Crippen LogP contribution in [0.25, 0.3) is 0 Å². The molecule has 48 valence electrons. The van der Waals surface area contributed by atoms with E-state index in [4.69, 9.17) is 13.0 Å². The Labute approximate surface area is 53.0 Å². The normalized spacial score (nSPS) is 8.29. The molecule has 0 saturated heterocycles. The van der Waals surface area contributed by atoms with Crippen molar-refractivity contribution in [2.75, 3.05) is 6.26 Å². The summed E-state index contributed by atoms with van der Waals surface area (Å²) in [5, 5.41) is 0. The molecular weight excluding hydrogens is 186 g/mol. The average molecular weight is 193 g/mol. The third-order valence-electron chi connectivity index (χ3n) is 0. The number of hydrogen-bond acceptors (Lipinski definition) is 3. The lowest BCUT2D eigenvalue weighted by Crippen LogP contribution is -3.00. The molecule has 0 unspecified atom stereocenters. The summed E-state index contributed by atoms with van der Waals surface area (Å²) in [6.07, 6.45) is 0.604. The molecule has 0 aromatic rings. The molecule has 6 heteroatoms. The van der Waals surface area contributed by atoms with Crippen molar-refractivity contribution in [3.05, 3.63) is 0 Å². The van der Waals surface area contributed by atoms with Crippen molar-refractivity contribution in [3.63, 3.8) is 0 Å². The van der Waals surface area contributed by atoms with E-state index >= 15 is 0 Å². The predicted molar refractivity (Wildman–Crippen MR) is 21.6 cm³/mol. The van der Waals surface area contributed by atoms with Gasteiger partial charge in [-0.3, -0.25) is 0 Å². The van der Waals surface area contributed by atoms with Gasteiger partial charge >= 0.3 is 0 Å². The van der Waals surface area contributed by atoms with Gasteiger partial charge in [0.15, 0.2) is 0 Å². The lowest BCUT2D eigenvalue weighted by molar-refractivity contribution is -0.00000603. The molecule has 0 heterocycles. The molecule has 0 spiro atoms. The van der Waals surface area contributed by atoms with Gasteiger partial charge in [-0.2, -0.15) is 0 Å². The Morgan fingerprint density at radius 2 is 1.43 bits per heavy atom. The monoisotopic (exact) mass is 192 g/mol. The second-order valence-electron chi connectivity index (χ2n) is 0.704. The number of quaternary nitrogens is 1. The zero-order chi connectivity index (χ0) is 4.50. The van der Waals surface area contributed by atoms with Crippen LogP contribution in [0.2, 0.25) is 0 Å². The van der Waals surface area contributed by atoms with E-state index in [-0.39, 0.29) is 23.1 Å². The highest BCUT2D eigenvalue weighted by atomic mass is 79.9. The number of hydrogen-bond donors (Lipinski definition) is 1. The van der Waals surface area contributed by atoms with Crippen molar-refractivity contribution in [1.82, 2.24) is 6.15 Å². The first kappa shape index (κ1) is 15.7. The highest BCUT2D eigenvalue weighted by Gasteiger charge is 1.65. The fourth-order valence-corrected chi connectivity index (χ4v) is 0. The van der Waals surface area contributed by atoms with Gasteiger partial charge in [0.05, 0.1) is 10.1 Å². The van der Waals surface area contributed by atoms with Gasteiger partial charge < -0.3 is 27.7 Å². The predicted octanol–water partition coefficient (Wildman–Crippen LogP) is -3.46. The smallest absolute Gasteiger partial charge is 0.0916 e. The molecule has 0 aromatic carbocycles. The zero-order valence-corrected chi connectivity index (χ0v) is 6.41. The Bertz CT molecular complexity index is 98.1. The minimum atomic E-state index is -3.92. The molecule has 0 aliphatic rings. The van der Waals surface area contributed by atoms with Gasteiger partial charge in [0.25, 0.3) is 0 Å². The van der Waals surface area contributed by atoms with E-state index in [1.54, 1.807) is 0 Å². The Hall–Kier alpha value is 0.350. The topological polar surface area (TPSA) is 93.7 Å². The fraction of sp³-hybridized carbons (Fsp3) is 1.00. The van der Waals surface area contributed by atoms with Crippen LogP contribution >= 0.6 is 0 Å². The summed E-state index contributed by atoms with van der Waals surface area (Å²) in [7, 11) is -3.92. The van der Waals surface area contributed by atoms with Gasteiger partial charge in [0.1, 0.15) is 0 Å². The van der Waals surface area contributed by atoms with Crippen LogP contribution in [0.4, 0.5) is 0 Å². The molecular formula is CH7BrNO3S-. The minimum Gasteiger partial charge on any atom is -1.00 e. The molecule has 0 aromatic heterocycles. The largest absolute Gasteiger partial charge is 1.00 e. The number of halogens is 1. The Kier molecular flexibility index (Phi) is 10.1. The van der Waals surface area contributed by atoms with E-state index in [0.29, 0.717) is 6.26 Å². The fourth-order valence-electron chi connectivity index (χ4n) is 0. The van der Waals surface area contributed by atoms with Crippen molar-refractivity contribution in [3.8, 4) is 0 Å². The molecule has 0 fully saturated rings. The van der Waals surface area contributed by atoms with Crippen LogP contribution in [0.15, 0.2) is 0 Å². The van der Waals surface area contributed by atoms with Gasteiger partial charge in [-0.05, 0) is 0 Å². The summed E-state index contributed by atoms with van der Waals surface area (Å²) in [5.41, 5.74) is 0. The van der Waals surface area contributed by atoms with E-state index in [0.717, 1.165) is 0 Å². The van der Waals surface area contributed by atoms with Gasteiger partial charge in [-0.25, -0.2) is 8.42 Å². The molecule has 0 rings (SSSR count). The average Bonchev–Trinajstić information content (AvgIpc) is 0.722. The van der Waals surface area contributed by atoms with Gasteiger partial charge in [-0.1, -0.05) is 0 Å². The van der Waals surface area contributed by atoms with Crippen LogP contribution < -0.4 is 23.1 Å². The van der Waals surface area contributed by atoms with Crippen LogP contribution in [0.5, 0.6) is 0 Å². The van der Waals surface area contributed by atoms with E-state index in [2.05, 4.69) is 0 Å².